The predicted molar refractivity (Wildman–Crippen MR) is 76.7 cm³/mol. The molecule has 0 saturated carbocycles. The van der Waals surface area contributed by atoms with Crippen molar-refractivity contribution in [2.75, 3.05) is 40.0 Å². The molecule has 0 spiro atoms. The number of benzene rings is 1. The van der Waals surface area contributed by atoms with Crippen LogP contribution < -0.4 is 10.1 Å². The first-order valence-electron chi connectivity index (χ1n) is 6.97. The summed E-state index contributed by atoms with van der Waals surface area (Å²) in [5, 5.41) is 2.84. The minimum atomic E-state index is 0.0890. The Hall–Kier alpha value is -1.59. The van der Waals surface area contributed by atoms with Crippen molar-refractivity contribution in [3.63, 3.8) is 0 Å². The van der Waals surface area contributed by atoms with Gasteiger partial charge in [-0.25, -0.2) is 0 Å². The lowest BCUT2D eigenvalue weighted by atomic mass is 10.2. The molecule has 1 aromatic carbocycles. The summed E-state index contributed by atoms with van der Waals surface area (Å²) in [7, 11) is 1.67. The number of hydrogen-bond acceptors (Lipinski definition) is 4. The van der Waals surface area contributed by atoms with Crippen LogP contribution in [0.15, 0.2) is 24.3 Å². The first-order valence-corrected chi connectivity index (χ1v) is 6.97. The largest absolute Gasteiger partial charge is 0.497 e. The summed E-state index contributed by atoms with van der Waals surface area (Å²) in [6.45, 7) is 4.26. The van der Waals surface area contributed by atoms with Crippen LogP contribution in [0.25, 0.3) is 0 Å². The highest BCUT2D eigenvalue weighted by Gasteiger charge is 2.11. The molecule has 1 fully saturated rings. The second-order valence-electron chi connectivity index (χ2n) is 4.84. The molecule has 1 aliphatic rings. The highest BCUT2D eigenvalue weighted by molar-refractivity contribution is 5.76. The molecule has 20 heavy (non-hydrogen) atoms. The number of nitrogens with zero attached hydrogens (tertiary/aromatic N) is 1. The van der Waals surface area contributed by atoms with Crippen LogP contribution in [0.1, 0.15) is 12.0 Å². The number of carbonyl (C=O) groups excluding carboxylic acids is 1. The van der Waals surface area contributed by atoms with E-state index in [2.05, 4.69) is 16.3 Å². The van der Waals surface area contributed by atoms with Gasteiger partial charge in [-0.3, -0.25) is 9.69 Å². The Morgan fingerprint density at radius 2 is 2.25 bits per heavy atom. The maximum atomic E-state index is 11.6. The van der Waals surface area contributed by atoms with Gasteiger partial charge in [-0.15, -0.1) is 0 Å². The highest BCUT2D eigenvalue weighted by Crippen LogP contribution is 2.14. The van der Waals surface area contributed by atoms with E-state index in [1.807, 2.05) is 18.2 Å². The van der Waals surface area contributed by atoms with Crippen molar-refractivity contribution < 1.29 is 14.3 Å². The van der Waals surface area contributed by atoms with Crippen molar-refractivity contribution in [2.45, 2.75) is 13.0 Å². The Bertz CT molecular complexity index is 437. The number of rotatable bonds is 3. The fraction of sp³-hybridized carbons (Fsp3) is 0.533. The lowest BCUT2D eigenvalue weighted by molar-refractivity contribution is -0.122. The van der Waals surface area contributed by atoms with E-state index < -0.39 is 0 Å². The highest BCUT2D eigenvalue weighted by atomic mass is 16.5. The third kappa shape index (κ3) is 4.83. The maximum Gasteiger partial charge on any atom is 0.221 e. The van der Waals surface area contributed by atoms with Crippen molar-refractivity contribution >= 4 is 5.91 Å². The SMILES string of the molecule is COc1cccc(CN2CCOCCNC(=O)CC2)c1. The lowest BCUT2D eigenvalue weighted by Gasteiger charge is -2.23. The summed E-state index contributed by atoms with van der Waals surface area (Å²) < 4.78 is 10.7. The van der Waals surface area contributed by atoms with E-state index in [4.69, 9.17) is 9.47 Å². The van der Waals surface area contributed by atoms with Gasteiger partial charge in [-0.2, -0.15) is 0 Å². The van der Waals surface area contributed by atoms with E-state index in [1.165, 1.54) is 5.56 Å². The van der Waals surface area contributed by atoms with Crippen LogP contribution in [0.5, 0.6) is 5.75 Å². The van der Waals surface area contributed by atoms with Crippen molar-refractivity contribution in [3.8, 4) is 5.75 Å². The molecule has 5 heteroatoms. The molecule has 0 aliphatic carbocycles. The van der Waals surface area contributed by atoms with E-state index in [-0.39, 0.29) is 5.91 Å². The third-order valence-corrected chi connectivity index (χ3v) is 3.32. The molecular weight excluding hydrogens is 256 g/mol. The second kappa shape index (κ2) is 7.87. The fourth-order valence-corrected chi connectivity index (χ4v) is 2.21. The molecule has 1 heterocycles. The number of amides is 1. The number of ether oxygens (including phenoxy) is 2. The van der Waals surface area contributed by atoms with Gasteiger partial charge in [0.1, 0.15) is 5.75 Å². The molecule has 0 aromatic heterocycles. The van der Waals surface area contributed by atoms with E-state index >= 15 is 0 Å². The van der Waals surface area contributed by atoms with Gasteiger partial charge in [0.05, 0.1) is 20.3 Å². The number of nitrogens with one attached hydrogen (secondary N) is 1. The predicted octanol–water partition coefficient (Wildman–Crippen LogP) is 1.03. The van der Waals surface area contributed by atoms with Gasteiger partial charge in [-0.1, -0.05) is 12.1 Å². The summed E-state index contributed by atoms with van der Waals surface area (Å²) in [6.07, 6.45) is 0.532. The Balaban J connectivity index is 1.95. The molecular formula is C15H22N2O3. The molecule has 1 aromatic rings. The van der Waals surface area contributed by atoms with Gasteiger partial charge in [-0.05, 0) is 17.7 Å². The fourth-order valence-electron chi connectivity index (χ4n) is 2.21. The monoisotopic (exact) mass is 278 g/mol. The van der Waals surface area contributed by atoms with Crippen molar-refractivity contribution in [1.29, 1.82) is 0 Å². The lowest BCUT2D eigenvalue weighted by Crippen LogP contribution is -2.36. The van der Waals surface area contributed by atoms with Crippen molar-refractivity contribution in [3.05, 3.63) is 29.8 Å². The van der Waals surface area contributed by atoms with Crippen LogP contribution >= 0.6 is 0 Å². The molecule has 0 bridgehead atoms. The van der Waals surface area contributed by atoms with Gasteiger partial charge >= 0.3 is 0 Å². The van der Waals surface area contributed by atoms with Crippen LogP contribution in [-0.4, -0.2) is 50.8 Å². The Kier molecular flexibility index (Phi) is 5.83. The zero-order valence-corrected chi connectivity index (χ0v) is 11.9. The summed E-state index contributed by atoms with van der Waals surface area (Å²) in [6, 6.07) is 8.02. The Morgan fingerprint density at radius 3 is 3.10 bits per heavy atom. The molecule has 1 N–H and O–H groups in total. The molecule has 0 unspecified atom stereocenters. The van der Waals surface area contributed by atoms with E-state index in [0.29, 0.717) is 26.2 Å². The molecule has 0 atom stereocenters. The Labute approximate surface area is 119 Å². The van der Waals surface area contributed by atoms with Crippen molar-refractivity contribution in [1.82, 2.24) is 10.2 Å². The van der Waals surface area contributed by atoms with Crippen LogP contribution in [0.4, 0.5) is 0 Å². The van der Waals surface area contributed by atoms with Gasteiger partial charge in [0.15, 0.2) is 0 Å². The zero-order chi connectivity index (χ0) is 14.2. The second-order valence-corrected chi connectivity index (χ2v) is 4.84. The molecule has 5 nitrogen and oxygen atoms in total. The summed E-state index contributed by atoms with van der Waals surface area (Å²) in [5.74, 6) is 0.948. The minimum Gasteiger partial charge on any atom is -0.497 e. The van der Waals surface area contributed by atoms with Gasteiger partial charge in [0, 0.05) is 32.6 Å². The van der Waals surface area contributed by atoms with E-state index in [9.17, 15) is 4.79 Å². The minimum absolute atomic E-state index is 0.0890. The number of hydrogen-bond donors (Lipinski definition) is 1. The molecule has 1 aliphatic heterocycles. The van der Waals surface area contributed by atoms with Gasteiger partial charge in [0.25, 0.3) is 0 Å². The molecule has 110 valence electrons. The quantitative estimate of drug-likeness (QED) is 0.897. The van der Waals surface area contributed by atoms with Crippen LogP contribution in [-0.2, 0) is 16.1 Å². The average molecular weight is 278 g/mol. The van der Waals surface area contributed by atoms with Crippen LogP contribution in [0.3, 0.4) is 0 Å². The first-order chi connectivity index (χ1) is 9.78. The summed E-state index contributed by atoms with van der Waals surface area (Å²) >= 11 is 0. The first kappa shape index (κ1) is 14.8. The Morgan fingerprint density at radius 1 is 1.35 bits per heavy atom. The smallest absolute Gasteiger partial charge is 0.221 e. The summed E-state index contributed by atoms with van der Waals surface area (Å²) in [4.78, 5) is 13.8. The molecule has 0 radical (unpaired) electrons. The average Bonchev–Trinajstić information content (AvgIpc) is 2.48. The topological polar surface area (TPSA) is 50.8 Å². The van der Waals surface area contributed by atoms with E-state index in [0.717, 1.165) is 25.4 Å². The van der Waals surface area contributed by atoms with E-state index in [1.54, 1.807) is 7.11 Å². The standard InChI is InChI=1S/C15H22N2O3/c1-19-14-4-2-3-13(11-14)12-17-7-5-15(18)16-6-9-20-10-8-17/h2-4,11H,5-10,12H2,1H3,(H,16,18). The van der Waals surface area contributed by atoms with Crippen molar-refractivity contribution in [2.24, 2.45) is 0 Å². The maximum absolute atomic E-state index is 11.6. The number of methoxy groups -OCH3 is 1. The summed E-state index contributed by atoms with van der Waals surface area (Å²) in [5.41, 5.74) is 1.18. The molecule has 1 saturated heterocycles. The van der Waals surface area contributed by atoms with Crippen LogP contribution in [0.2, 0.25) is 0 Å². The third-order valence-electron chi connectivity index (χ3n) is 3.32. The molecule has 1 amide bonds. The van der Waals surface area contributed by atoms with Crippen LogP contribution in [0, 0.1) is 0 Å². The molecule has 2 rings (SSSR count). The number of carbonyl (C=O) groups is 1. The normalized spacial score (nSPS) is 18.4. The van der Waals surface area contributed by atoms with Gasteiger partial charge in [0.2, 0.25) is 5.91 Å². The van der Waals surface area contributed by atoms with Gasteiger partial charge < -0.3 is 14.8 Å². The zero-order valence-electron chi connectivity index (χ0n) is 11.9.